The summed E-state index contributed by atoms with van der Waals surface area (Å²) in [7, 11) is 0. The van der Waals surface area contributed by atoms with Crippen molar-refractivity contribution in [1.29, 1.82) is 0 Å². The lowest BCUT2D eigenvalue weighted by Crippen LogP contribution is -2.04. The van der Waals surface area contributed by atoms with Crippen molar-refractivity contribution in [1.82, 2.24) is 0 Å². The molecule has 0 aliphatic carbocycles. The highest BCUT2D eigenvalue weighted by atomic mass is 35.5. The second kappa shape index (κ2) is 8.48. The van der Waals surface area contributed by atoms with E-state index in [1.54, 1.807) is 0 Å². The molecule has 3 aromatic rings. The van der Waals surface area contributed by atoms with Gasteiger partial charge in [-0.2, -0.15) is 0 Å². The molecule has 0 aliphatic heterocycles. The molecule has 0 atom stereocenters. The summed E-state index contributed by atoms with van der Waals surface area (Å²) in [6.45, 7) is 1.03. The Morgan fingerprint density at radius 1 is 0.760 bits per heavy atom. The predicted octanol–water partition coefficient (Wildman–Crippen LogP) is 6.84. The van der Waals surface area contributed by atoms with E-state index in [2.05, 4.69) is 5.32 Å². The van der Waals surface area contributed by atoms with Gasteiger partial charge in [0.15, 0.2) is 0 Å². The third-order valence-corrected chi connectivity index (χ3v) is 4.36. The number of benzene rings is 3. The molecule has 0 amide bonds. The van der Waals surface area contributed by atoms with Crippen LogP contribution in [0.15, 0.2) is 66.7 Å². The van der Waals surface area contributed by atoms with Crippen LogP contribution in [0.4, 0.5) is 5.69 Å². The van der Waals surface area contributed by atoms with Gasteiger partial charge >= 0.3 is 0 Å². The average molecular weight is 393 g/mol. The summed E-state index contributed by atoms with van der Waals surface area (Å²) in [6.07, 6.45) is 0. The predicted molar refractivity (Wildman–Crippen MR) is 106 cm³/mol. The minimum Gasteiger partial charge on any atom is -0.489 e. The van der Waals surface area contributed by atoms with Crippen molar-refractivity contribution < 1.29 is 4.74 Å². The zero-order valence-electron chi connectivity index (χ0n) is 13.3. The zero-order valence-corrected chi connectivity index (χ0v) is 15.6. The monoisotopic (exact) mass is 391 g/mol. The van der Waals surface area contributed by atoms with E-state index >= 15 is 0 Å². The quantitative estimate of drug-likeness (QED) is 0.496. The highest BCUT2D eigenvalue weighted by Gasteiger charge is 2.06. The van der Waals surface area contributed by atoms with Crippen molar-refractivity contribution in [3.05, 3.63) is 92.9 Å². The van der Waals surface area contributed by atoms with Gasteiger partial charge in [0, 0.05) is 32.9 Å². The largest absolute Gasteiger partial charge is 0.489 e. The van der Waals surface area contributed by atoms with E-state index in [-0.39, 0.29) is 0 Å². The van der Waals surface area contributed by atoms with Gasteiger partial charge in [0.25, 0.3) is 0 Å². The normalized spacial score (nSPS) is 10.5. The number of hydrogen-bond acceptors (Lipinski definition) is 2. The zero-order chi connectivity index (χ0) is 17.6. The van der Waals surface area contributed by atoms with Crippen molar-refractivity contribution >= 4 is 40.5 Å². The third-order valence-electron chi connectivity index (χ3n) is 3.63. The Bertz CT molecular complexity index is 850. The summed E-state index contributed by atoms with van der Waals surface area (Å²) in [4.78, 5) is 0. The lowest BCUT2D eigenvalue weighted by molar-refractivity contribution is 0.303. The first-order chi connectivity index (χ1) is 12.1. The molecule has 0 aromatic heterocycles. The van der Waals surface area contributed by atoms with Crippen LogP contribution in [0, 0.1) is 0 Å². The number of nitrogens with one attached hydrogen (secondary N) is 1. The van der Waals surface area contributed by atoms with E-state index in [0.717, 1.165) is 22.6 Å². The van der Waals surface area contributed by atoms with Gasteiger partial charge in [0.05, 0.1) is 0 Å². The maximum Gasteiger partial charge on any atom is 0.124 e. The van der Waals surface area contributed by atoms with Crippen LogP contribution in [0.25, 0.3) is 0 Å². The third kappa shape index (κ3) is 5.30. The van der Waals surface area contributed by atoms with Crippen molar-refractivity contribution in [3.63, 3.8) is 0 Å². The molecule has 25 heavy (non-hydrogen) atoms. The van der Waals surface area contributed by atoms with Crippen LogP contribution in [0.5, 0.6) is 5.75 Å². The Kier molecular flexibility index (Phi) is 6.09. The minimum atomic E-state index is 0.441. The molecule has 128 valence electrons. The molecule has 0 bridgehead atoms. The molecule has 3 aromatic carbocycles. The van der Waals surface area contributed by atoms with Gasteiger partial charge in [-0.05, 0) is 60.2 Å². The maximum atomic E-state index is 6.14. The van der Waals surface area contributed by atoms with Crippen LogP contribution >= 0.6 is 34.8 Å². The second-order valence-corrected chi connectivity index (χ2v) is 6.84. The lowest BCUT2D eigenvalue weighted by atomic mass is 10.2. The summed E-state index contributed by atoms with van der Waals surface area (Å²) >= 11 is 18.1. The minimum absolute atomic E-state index is 0.441. The Balaban J connectivity index is 1.70. The second-order valence-electron chi connectivity index (χ2n) is 5.53. The van der Waals surface area contributed by atoms with Crippen LogP contribution in [-0.2, 0) is 13.2 Å². The molecule has 0 saturated heterocycles. The van der Waals surface area contributed by atoms with Gasteiger partial charge in [-0.3, -0.25) is 0 Å². The summed E-state index contributed by atoms with van der Waals surface area (Å²) < 4.78 is 5.96. The fraction of sp³-hybridized carbons (Fsp3) is 0.100. The van der Waals surface area contributed by atoms with Gasteiger partial charge in [0.2, 0.25) is 0 Å². The van der Waals surface area contributed by atoms with Gasteiger partial charge in [-0.15, -0.1) is 0 Å². The average Bonchev–Trinajstić information content (AvgIpc) is 2.60. The van der Waals surface area contributed by atoms with Gasteiger partial charge in [-0.1, -0.05) is 46.9 Å². The van der Waals surface area contributed by atoms with Gasteiger partial charge < -0.3 is 10.1 Å². The molecule has 0 heterocycles. The Morgan fingerprint density at radius 3 is 2.24 bits per heavy atom. The molecule has 0 saturated carbocycles. The highest BCUT2D eigenvalue weighted by Crippen LogP contribution is 2.25. The summed E-state index contributed by atoms with van der Waals surface area (Å²) in [5.41, 5.74) is 2.97. The molecular weight excluding hydrogens is 377 g/mol. The first kappa shape index (κ1) is 17.9. The first-order valence-electron chi connectivity index (χ1n) is 7.75. The summed E-state index contributed by atoms with van der Waals surface area (Å²) in [5.74, 6) is 0.783. The van der Waals surface area contributed by atoms with E-state index in [9.17, 15) is 0 Å². The van der Waals surface area contributed by atoms with Crippen molar-refractivity contribution in [3.8, 4) is 5.75 Å². The molecule has 0 fully saturated rings. The van der Waals surface area contributed by atoms with Crippen molar-refractivity contribution in [2.24, 2.45) is 0 Å². The van der Waals surface area contributed by atoms with Crippen LogP contribution in [0.1, 0.15) is 11.1 Å². The number of halogens is 3. The molecule has 0 radical (unpaired) electrons. The first-order valence-corrected chi connectivity index (χ1v) is 8.89. The molecular formula is C20H16Cl3NO. The Morgan fingerprint density at radius 2 is 1.48 bits per heavy atom. The molecule has 5 heteroatoms. The van der Waals surface area contributed by atoms with E-state index in [1.807, 2.05) is 66.7 Å². The summed E-state index contributed by atoms with van der Waals surface area (Å²) in [6, 6.07) is 20.8. The molecule has 3 rings (SSSR count). The number of anilines is 1. The number of rotatable bonds is 6. The van der Waals surface area contributed by atoms with E-state index in [0.29, 0.717) is 28.2 Å². The standard InChI is InChI=1S/C20H16Cl3NO/c21-16-4-7-19(8-5-16)24-12-15-11-18(23)6-9-20(15)25-13-14-2-1-3-17(22)10-14/h1-11,24H,12-13H2. The topological polar surface area (TPSA) is 21.3 Å². The van der Waals surface area contributed by atoms with Crippen molar-refractivity contribution in [2.75, 3.05) is 5.32 Å². The SMILES string of the molecule is Clc1ccc(NCc2cc(Cl)ccc2OCc2cccc(Cl)c2)cc1. The fourth-order valence-electron chi connectivity index (χ4n) is 2.38. The van der Waals surface area contributed by atoms with Crippen LogP contribution in [0.3, 0.4) is 0 Å². The van der Waals surface area contributed by atoms with Gasteiger partial charge in [0.1, 0.15) is 12.4 Å². The van der Waals surface area contributed by atoms with Gasteiger partial charge in [-0.25, -0.2) is 0 Å². The Labute approximate surface area is 162 Å². The smallest absolute Gasteiger partial charge is 0.124 e. The Hall–Kier alpha value is -1.87. The molecule has 2 nitrogen and oxygen atoms in total. The number of hydrogen-bond donors (Lipinski definition) is 1. The molecule has 1 N–H and O–H groups in total. The number of ether oxygens (including phenoxy) is 1. The van der Waals surface area contributed by atoms with Crippen LogP contribution in [0.2, 0.25) is 15.1 Å². The van der Waals surface area contributed by atoms with E-state index < -0.39 is 0 Å². The van der Waals surface area contributed by atoms with E-state index in [4.69, 9.17) is 39.5 Å². The van der Waals surface area contributed by atoms with Crippen molar-refractivity contribution in [2.45, 2.75) is 13.2 Å². The molecule has 0 unspecified atom stereocenters. The van der Waals surface area contributed by atoms with E-state index in [1.165, 1.54) is 0 Å². The molecule has 0 aliphatic rings. The lowest BCUT2D eigenvalue weighted by Gasteiger charge is -2.14. The molecule has 0 spiro atoms. The summed E-state index contributed by atoms with van der Waals surface area (Å²) in [5, 5.41) is 5.42. The fourth-order valence-corrected chi connectivity index (χ4v) is 2.91. The van der Waals surface area contributed by atoms with Crippen LogP contribution in [-0.4, -0.2) is 0 Å². The maximum absolute atomic E-state index is 6.14. The van der Waals surface area contributed by atoms with Crippen LogP contribution < -0.4 is 10.1 Å². The highest BCUT2D eigenvalue weighted by molar-refractivity contribution is 6.31.